The second kappa shape index (κ2) is 10.2. The van der Waals surface area contributed by atoms with Gasteiger partial charge in [0.1, 0.15) is 0 Å². The molecule has 6 nitrogen and oxygen atoms in total. The van der Waals surface area contributed by atoms with Gasteiger partial charge < -0.3 is 9.29 Å². The Bertz CT molecular complexity index is 936. The van der Waals surface area contributed by atoms with E-state index in [9.17, 15) is 9.35 Å². The number of esters is 1. The van der Waals surface area contributed by atoms with Crippen LogP contribution in [0.2, 0.25) is 0 Å². The normalized spacial score (nSPS) is 12.9. The third-order valence-corrected chi connectivity index (χ3v) is 5.51. The van der Waals surface area contributed by atoms with Crippen molar-refractivity contribution < 1.29 is 14.1 Å². The van der Waals surface area contributed by atoms with Crippen molar-refractivity contribution in [1.29, 1.82) is 0 Å². The molecule has 0 spiro atoms. The zero-order valence-corrected chi connectivity index (χ0v) is 17.2. The zero-order chi connectivity index (χ0) is 20.6. The summed E-state index contributed by atoms with van der Waals surface area (Å²) < 4.78 is 21.0. The fraction of sp³-hybridized carbons (Fsp3) is 0.227. The van der Waals surface area contributed by atoms with Crippen molar-refractivity contribution in [1.82, 2.24) is 14.7 Å². The summed E-state index contributed by atoms with van der Waals surface area (Å²) in [5.74, 6) is -0.351. The number of hydrogen-bond acceptors (Lipinski definition) is 6. The Morgan fingerprint density at radius 2 is 2.00 bits per heavy atom. The molecule has 0 aliphatic rings. The smallest absolute Gasteiger partial charge is 0.307 e. The van der Waals surface area contributed by atoms with E-state index in [2.05, 4.69) is 14.7 Å². The molecule has 1 heterocycles. The lowest BCUT2D eigenvalue weighted by atomic mass is 10.0. The standard InChI is InChI=1S/C22H23N3O3S/c1-3-28-22(26)14-20(25-29(27)19-9-7-16(2)8-10-19)17-5-4-6-18(13-17)21-15-23-11-12-24-21/h4-13,15,20,25H,3,14H2,1-2H3/t20?,29-/m1/s1. The molecular weight excluding hydrogens is 386 g/mol. The Morgan fingerprint density at radius 3 is 2.69 bits per heavy atom. The Hall–Kier alpha value is -2.74. The molecule has 7 heteroatoms. The van der Waals surface area contributed by atoms with Crippen molar-refractivity contribution in [2.75, 3.05) is 6.61 Å². The summed E-state index contributed by atoms with van der Waals surface area (Å²) in [6.07, 6.45) is 4.98. The van der Waals surface area contributed by atoms with E-state index in [4.69, 9.17) is 4.74 Å². The van der Waals surface area contributed by atoms with E-state index < -0.39 is 17.4 Å². The molecule has 3 aromatic rings. The molecule has 0 amide bonds. The minimum Gasteiger partial charge on any atom is -0.593 e. The summed E-state index contributed by atoms with van der Waals surface area (Å²) in [4.78, 5) is 21.2. The maximum atomic E-state index is 12.9. The number of benzene rings is 2. The maximum absolute atomic E-state index is 12.9. The molecule has 0 aliphatic carbocycles. The number of carbonyl (C=O) groups excluding carboxylic acids is 1. The first-order chi connectivity index (χ1) is 14.1. The Labute approximate surface area is 173 Å². The molecule has 150 valence electrons. The van der Waals surface area contributed by atoms with Crippen molar-refractivity contribution in [2.45, 2.75) is 31.2 Å². The van der Waals surface area contributed by atoms with Gasteiger partial charge in [-0.05, 0) is 37.6 Å². The van der Waals surface area contributed by atoms with Gasteiger partial charge in [-0.1, -0.05) is 35.9 Å². The highest BCUT2D eigenvalue weighted by Gasteiger charge is 2.24. The SMILES string of the molecule is CCOC(=O)CC(N[S@+]([O-])c1ccc(C)cc1)c1cccc(-c2cnccn2)c1. The summed E-state index contributed by atoms with van der Waals surface area (Å²) in [5.41, 5.74) is 3.50. The molecule has 0 radical (unpaired) electrons. The van der Waals surface area contributed by atoms with Gasteiger partial charge in [0, 0.05) is 18.0 Å². The third-order valence-electron chi connectivity index (χ3n) is 4.31. The fourth-order valence-electron chi connectivity index (χ4n) is 2.84. The minimum atomic E-state index is -1.48. The Morgan fingerprint density at radius 1 is 1.21 bits per heavy atom. The number of aryl methyl sites for hydroxylation is 1. The van der Waals surface area contributed by atoms with E-state index in [1.54, 1.807) is 25.5 Å². The Balaban J connectivity index is 1.87. The van der Waals surface area contributed by atoms with E-state index in [1.807, 2.05) is 55.5 Å². The van der Waals surface area contributed by atoms with Gasteiger partial charge in [0.25, 0.3) is 0 Å². The van der Waals surface area contributed by atoms with E-state index in [0.29, 0.717) is 11.5 Å². The second-order valence-electron chi connectivity index (χ2n) is 6.48. The van der Waals surface area contributed by atoms with Crippen molar-refractivity contribution >= 4 is 17.3 Å². The molecule has 0 aliphatic heterocycles. The average Bonchev–Trinajstić information content (AvgIpc) is 2.74. The molecule has 2 atom stereocenters. The van der Waals surface area contributed by atoms with E-state index >= 15 is 0 Å². The van der Waals surface area contributed by atoms with Crippen molar-refractivity contribution in [3.8, 4) is 11.3 Å². The monoisotopic (exact) mass is 409 g/mol. The van der Waals surface area contributed by atoms with E-state index in [0.717, 1.165) is 22.4 Å². The van der Waals surface area contributed by atoms with Gasteiger partial charge in [-0.15, -0.1) is 4.72 Å². The largest absolute Gasteiger partial charge is 0.593 e. The number of aromatic nitrogens is 2. The quantitative estimate of drug-likeness (QED) is 0.450. The van der Waals surface area contributed by atoms with Gasteiger partial charge in [-0.25, -0.2) is 0 Å². The number of rotatable bonds is 8. The average molecular weight is 410 g/mol. The molecule has 1 unspecified atom stereocenters. The second-order valence-corrected chi connectivity index (χ2v) is 7.72. The first kappa shape index (κ1) is 21.0. The number of carbonyl (C=O) groups is 1. The number of hydrogen-bond donors (Lipinski definition) is 1. The predicted molar refractivity (Wildman–Crippen MR) is 112 cm³/mol. The highest BCUT2D eigenvalue weighted by molar-refractivity contribution is 7.89. The van der Waals surface area contributed by atoms with Crippen LogP contribution in [0.25, 0.3) is 11.3 Å². The van der Waals surface area contributed by atoms with Crippen LogP contribution >= 0.6 is 0 Å². The lowest BCUT2D eigenvalue weighted by molar-refractivity contribution is -0.143. The van der Waals surface area contributed by atoms with Crippen LogP contribution in [0.4, 0.5) is 0 Å². The Kier molecular flexibility index (Phi) is 7.35. The molecule has 2 aromatic carbocycles. The minimum absolute atomic E-state index is 0.0648. The van der Waals surface area contributed by atoms with Crippen molar-refractivity contribution in [2.24, 2.45) is 0 Å². The molecule has 29 heavy (non-hydrogen) atoms. The van der Waals surface area contributed by atoms with E-state index in [-0.39, 0.29) is 12.4 Å². The molecular formula is C22H23N3O3S. The van der Waals surface area contributed by atoms with Crippen LogP contribution in [0.15, 0.2) is 72.0 Å². The van der Waals surface area contributed by atoms with Gasteiger partial charge in [-0.2, -0.15) is 0 Å². The van der Waals surface area contributed by atoms with Crippen LogP contribution in [-0.4, -0.2) is 27.1 Å². The van der Waals surface area contributed by atoms with Gasteiger partial charge in [-0.3, -0.25) is 14.8 Å². The summed E-state index contributed by atoms with van der Waals surface area (Å²) in [6.45, 7) is 4.04. The van der Waals surface area contributed by atoms with Crippen LogP contribution in [0.5, 0.6) is 0 Å². The summed E-state index contributed by atoms with van der Waals surface area (Å²) in [6, 6.07) is 14.6. The molecule has 0 fully saturated rings. The topological polar surface area (TPSA) is 87.2 Å². The van der Waals surface area contributed by atoms with Gasteiger partial charge in [0.05, 0.1) is 42.3 Å². The molecule has 0 saturated heterocycles. The summed E-state index contributed by atoms with van der Waals surface area (Å²) in [5, 5.41) is 0. The third kappa shape index (κ3) is 5.87. The van der Waals surface area contributed by atoms with Crippen LogP contribution in [-0.2, 0) is 20.9 Å². The fourth-order valence-corrected chi connectivity index (χ4v) is 3.83. The zero-order valence-electron chi connectivity index (χ0n) is 16.4. The van der Waals surface area contributed by atoms with Crippen LogP contribution in [0.1, 0.15) is 30.5 Å². The number of nitrogens with zero attached hydrogens (tertiary/aromatic N) is 2. The van der Waals surface area contributed by atoms with Gasteiger partial charge in [0.15, 0.2) is 4.90 Å². The van der Waals surface area contributed by atoms with Crippen molar-refractivity contribution in [3.05, 3.63) is 78.2 Å². The first-order valence-corrected chi connectivity index (χ1v) is 10.5. The van der Waals surface area contributed by atoms with E-state index in [1.165, 1.54) is 0 Å². The highest BCUT2D eigenvalue weighted by Crippen LogP contribution is 2.25. The lowest BCUT2D eigenvalue weighted by Gasteiger charge is -2.20. The van der Waals surface area contributed by atoms with Gasteiger partial charge >= 0.3 is 5.97 Å². The summed E-state index contributed by atoms with van der Waals surface area (Å²) in [7, 11) is 0. The molecule has 0 bridgehead atoms. The van der Waals surface area contributed by atoms with Crippen LogP contribution < -0.4 is 4.72 Å². The maximum Gasteiger partial charge on any atom is 0.307 e. The molecule has 1 N–H and O–H groups in total. The summed E-state index contributed by atoms with van der Waals surface area (Å²) >= 11 is -1.48. The van der Waals surface area contributed by atoms with Crippen molar-refractivity contribution in [3.63, 3.8) is 0 Å². The van der Waals surface area contributed by atoms with Crippen LogP contribution in [0, 0.1) is 6.92 Å². The van der Waals surface area contributed by atoms with Crippen LogP contribution in [0.3, 0.4) is 0 Å². The number of ether oxygens (including phenoxy) is 1. The first-order valence-electron chi connectivity index (χ1n) is 9.33. The molecule has 1 aromatic heterocycles. The predicted octanol–water partition coefficient (Wildman–Crippen LogP) is 3.76. The molecule has 0 saturated carbocycles. The van der Waals surface area contributed by atoms with Gasteiger partial charge in [0.2, 0.25) is 0 Å². The lowest BCUT2D eigenvalue weighted by Crippen LogP contribution is -2.30. The molecule has 3 rings (SSSR count). The highest BCUT2D eigenvalue weighted by atomic mass is 32.2. The number of nitrogens with one attached hydrogen (secondary N) is 1.